The second kappa shape index (κ2) is 1.52. The van der Waals surface area contributed by atoms with Crippen LogP contribution in [0, 0.1) is 0 Å². The van der Waals surface area contributed by atoms with E-state index in [2.05, 4.69) is 20.5 Å². The molecule has 34 valence electrons. The average molecular weight is 151 g/mol. The third kappa shape index (κ3) is 0.748. The van der Waals surface area contributed by atoms with Crippen molar-refractivity contribution in [2.45, 2.75) is 12.3 Å². The summed E-state index contributed by atoms with van der Waals surface area (Å²) in [5.74, 6) is 0. The topological polar surface area (TPSA) is 32.8 Å². The molecule has 6 heavy (non-hydrogen) atoms. The fourth-order valence-corrected chi connectivity index (χ4v) is 0.719. The molecule has 2 atom stereocenters. The minimum atomic E-state index is -0.482. The van der Waals surface area contributed by atoms with E-state index in [-0.39, 0.29) is 6.00 Å². The zero-order valence-electron chi connectivity index (χ0n) is 3.10. The number of aliphatic hydroxyl groups excluding tert-OH is 1. The molecule has 2 nitrogen and oxygen atoms in total. The Labute approximate surface area is 44.7 Å². The predicted octanol–water partition coefficient (Wildman–Crippen LogP) is -0.593. The monoisotopic (exact) mass is 150 g/mol. The quantitative estimate of drug-likeness (QED) is 0.401. The van der Waals surface area contributed by atoms with Gasteiger partial charge in [0.1, 0.15) is 0 Å². The maximum atomic E-state index is 8.37. The van der Waals surface area contributed by atoms with E-state index in [1.165, 1.54) is 0 Å². The highest BCUT2D eigenvalue weighted by Gasteiger charge is 2.35. The molecule has 1 aliphatic heterocycles. The average Bonchev–Trinajstić information content (AvgIpc) is 2.19. The molecule has 1 N–H and O–H groups in total. The van der Waals surface area contributed by atoms with Crippen LogP contribution in [0.4, 0.5) is 0 Å². The molecule has 0 aromatic heterocycles. The fourth-order valence-electron chi connectivity index (χ4n) is 0.246. The van der Waals surface area contributed by atoms with E-state index in [1.807, 2.05) is 0 Å². The summed E-state index contributed by atoms with van der Waals surface area (Å²) in [6.07, 6.45) is 0.262. The van der Waals surface area contributed by atoms with Crippen molar-refractivity contribution in [1.82, 2.24) is 0 Å². The molecule has 0 spiro atoms. The first-order chi connectivity index (χ1) is 2.84. The molecular formula is C2H4BBrO2. The van der Waals surface area contributed by atoms with Crippen LogP contribution in [0.15, 0.2) is 0 Å². The smallest absolute Gasteiger partial charge is 0.244 e. The van der Waals surface area contributed by atoms with Gasteiger partial charge in [-0.1, -0.05) is 0 Å². The Morgan fingerprint density at radius 1 is 1.83 bits per heavy atom. The molecule has 1 saturated heterocycles. The summed E-state index contributed by atoms with van der Waals surface area (Å²) in [6.45, 7) is 0. The molecule has 0 bridgehead atoms. The van der Waals surface area contributed by atoms with Crippen LogP contribution in [-0.2, 0) is 4.74 Å². The minimum absolute atomic E-state index is 0.0741. The molecule has 0 aromatic carbocycles. The Hall–Kier alpha value is 0.465. The van der Waals surface area contributed by atoms with Gasteiger partial charge in [0.25, 0.3) is 0 Å². The van der Waals surface area contributed by atoms with Gasteiger partial charge in [-0.15, -0.1) is 0 Å². The summed E-state index contributed by atoms with van der Waals surface area (Å²) in [4.78, 5) is 0. The van der Waals surface area contributed by atoms with Crippen molar-refractivity contribution in [3.05, 3.63) is 0 Å². The Balaban J connectivity index is 2.09. The van der Waals surface area contributed by atoms with Crippen molar-refractivity contribution in [2.24, 2.45) is 0 Å². The van der Waals surface area contributed by atoms with Gasteiger partial charge in [0.05, 0.1) is 6.00 Å². The molecule has 0 radical (unpaired) electrons. The number of rotatable bonds is 1. The van der Waals surface area contributed by atoms with Gasteiger partial charge in [0, 0.05) is 0 Å². The molecule has 1 rings (SSSR count). The van der Waals surface area contributed by atoms with E-state index >= 15 is 0 Å². The van der Waals surface area contributed by atoms with Crippen molar-refractivity contribution < 1.29 is 9.84 Å². The third-order valence-electron chi connectivity index (χ3n) is 0.708. The number of aliphatic hydroxyl groups is 1. The van der Waals surface area contributed by atoms with Crippen LogP contribution in [0.3, 0.4) is 0 Å². The van der Waals surface area contributed by atoms with Crippen molar-refractivity contribution in [3.63, 3.8) is 0 Å². The molecule has 4 heteroatoms. The lowest BCUT2D eigenvalue weighted by molar-refractivity contribution is 0.156. The van der Waals surface area contributed by atoms with Gasteiger partial charge >= 0.3 is 0 Å². The predicted molar refractivity (Wildman–Crippen MR) is 27.0 cm³/mol. The molecular weight excluding hydrogens is 147 g/mol. The van der Waals surface area contributed by atoms with Crippen LogP contribution in [0.1, 0.15) is 0 Å². The van der Waals surface area contributed by atoms with E-state index < -0.39 is 6.29 Å². The van der Waals surface area contributed by atoms with Gasteiger partial charge < -0.3 is 9.84 Å². The van der Waals surface area contributed by atoms with Crippen LogP contribution in [0.5, 0.6) is 0 Å². The maximum Gasteiger partial charge on any atom is 0.244 e. The Morgan fingerprint density at radius 3 is 2.33 bits per heavy atom. The molecule has 1 fully saturated rings. The molecule has 0 aromatic rings. The minimum Gasteiger partial charge on any atom is -0.366 e. The Morgan fingerprint density at radius 2 is 2.33 bits per heavy atom. The van der Waals surface area contributed by atoms with Gasteiger partial charge in [-0.05, 0) is 0 Å². The van der Waals surface area contributed by atoms with E-state index in [9.17, 15) is 0 Å². The first-order valence-electron chi connectivity index (χ1n) is 1.74. The van der Waals surface area contributed by atoms with E-state index in [1.54, 1.807) is 0 Å². The van der Waals surface area contributed by atoms with Crippen molar-refractivity contribution in [3.8, 4) is 0 Å². The number of halogens is 1. The standard InChI is InChI=1S/C2H4BBrO2/c4-3-1-2(5)6-1/h1-3,5H/t1-,2?/m1/s1. The number of hydrogen-bond acceptors (Lipinski definition) is 2. The number of hydrogen-bond donors (Lipinski definition) is 1. The largest absolute Gasteiger partial charge is 0.366 e. The Bertz CT molecular complexity index is 57.5. The first kappa shape index (κ1) is 4.62. The second-order valence-electron chi connectivity index (χ2n) is 1.22. The van der Waals surface area contributed by atoms with Gasteiger partial charge in [-0.2, -0.15) is 15.8 Å². The number of ether oxygens (including phenoxy) is 1. The van der Waals surface area contributed by atoms with Gasteiger partial charge in [-0.3, -0.25) is 0 Å². The molecule has 1 unspecified atom stereocenters. The van der Waals surface area contributed by atoms with E-state index in [0.717, 1.165) is 6.10 Å². The van der Waals surface area contributed by atoms with E-state index in [0.29, 0.717) is 0 Å². The SMILES string of the molecule is OC1O[C@H]1BBr. The molecule has 0 saturated carbocycles. The van der Waals surface area contributed by atoms with Crippen LogP contribution in [-0.4, -0.2) is 23.5 Å². The summed E-state index contributed by atoms with van der Waals surface area (Å²) in [7, 11) is 0. The molecule has 0 amide bonds. The highest BCUT2D eigenvalue weighted by Crippen LogP contribution is 2.17. The van der Waals surface area contributed by atoms with Gasteiger partial charge in [0.2, 0.25) is 6.10 Å². The van der Waals surface area contributed by atoms with Crippen LogP contribution < -0.4 is 0 Å². The highest BCUT2D eigenvalue weighted by molar-refractivity contribution is 9.23. The Kier molecular flexibility index (Phi) is 1.17. The third-order valence-corrected chi connectivity index (χ3v) is 1.35. The zero-order chi connectivity index (χ0) is 4.57. The highest BCUT2D eigenvalue weighted by atomic mass is 79.9. The van der Waals surface area contributed by atoms with Gasteiger partial charge in [0.15, 0.2) is 6.29 Å². The lowest BCUT2D eigenvalue weighted by Crippen LogP contribution is -1.94. The van der Waals surface area contributed by atoms with Crippen molar-refractivity contribution in [2.75, 3.05) is 0 Å². The first-order valence-corrected chi connectivity index (χ1v) is 2.86. The zero-order valence-corrected chi connectivity index (χ0v) is 4.68. The van der Waals surface area contributed by atoms with Crippen LogP contribution in [0.25, 0.3) is 0 Å². The summed E-state index contributed by atoms with van der Waals surface area (Å²) in [5.41, 5.74) is 0. The van der Waals surface area contributed by atoms with Gasteiger partial charge in [-0.25, -0.2) is 0 Å². The lowest BCUT2D eigenvalue weighted by atomic mass is 10.1. The lowest BCUT2D eigenvalue weighted by Gasteiger charge is -1.66. The molecule has 1 aliphatic rings. The van der Waals surface area contributed by atoms with Crippen molar-refractivity contribution >= 4 is 21.9 Å². The molecule has 1 heterocycles. The molecule has 0 aliphatic carbocycles. The summed E-state index contributed by atoms with van der Waals surface area (Å²) in [5, 5.41) is 8.37. The van der Waals surface area contributed by atoms with Crippen LogP contribution >= 0.6 is 15.8 Å². The normalized spacial score (nSPS) is 42.3. The van der Waals surface area contributed by atoms with E-state index in [4.69, 9.17) is 5.11 Å². The fraction of sp³-hybridized carbons (Fsp3) is 1.00. The maximum absolute atomic E-state index is 8.37. The number of epoxide rings is 1. The van der Waals surface area contributed by atoms with Crippen molar-refractivity contribution in [1.29, 1.82) is 0 Å². The second-order valence-corrected chi connectivity index (χ2v) is 1.87. The van der Waals surface area contributed by atoms with Crippen LogP contribution in [0.2, 0.25) is 0 Å². The summed E-state index contributed by atoms with van der Waals surface area (Å²) in [6, 6.07) is 0.0741. The summed E-state index contributed by atoms with van der Waals surface area (Å²) < 4.78 is 4.57. The summed E-state index contributed by atoms with van der Waals surface area (Å²) >= 11 is 3.13.